The van der Waals surface area contributed by atoms with E-state index in [4.69, 9.17) is 9.84 Å². The van der Waals surface area contributed by atoms with Crippen LogP contribution in [0.2, 0.25) is 0 Å². The maximum atomic E-state index is 14.2. The fraction of sp³-hybridized carbons (Fsp3) is 0.375. The zero-order valence-corrected chi connectivity index (χ0v) is 19.7. The summed E-state index contributed by atoms with van der Waals surface area (Å²) >= 11 is 1.29. The smallest absolute Gasteiger partial charge is 0.338 e. The number of carboxylic acids is 1. The number of tetrazole rings is 1. The van der Waals surface area contributed by atoms with E-state index in [0.717, 1.165) is 56.5 Å². The number of thioether (sulfide) groups is 1. The van der Waals surface area contributed by atoms with Crippen molar-refractivity contribution in [2.75, 3.05) is 31.2 Å². The summed E-state index contributed by atoms with van der Waals surface area (Å²) in [4.78, 5) is 26.6. The molecule has 0 radical (unpaired) electrons. The van der Waals surface area contributed by atoms with Gasteiger partial charge in [-0.2, -0.15) is 4.68 Å². The Morgan fingerprint density at radius 1 is 1.11 bits per heavy atom. The molecular weight excluding hydrogens is 473 g/mol. The lowest BCUT2D eigenvalue weighted by atomic mass is 10.0. The molecule has 2 heterocycles. The number of aryl methyl sites for hydroxylation is 1. The number of halogens is 1. The summed E-state index contributed by atoms with van der Waals surface area (Å²) in [5, 5.41) is 21.0. The fourth-order valence-corrected chi connectivity index (χ4v) is 5.33. The normalized spacial score (nSPS) is 16.8. The van der Waals surface area contributed by atoms with Crippen molar-refractivity contribution in [3.8, 4) is 5.69 Å². The number of hydrogen-bond acceptors (Lipinski definition) is 8. The highest BCUT2D eigenvalue weighted by molar-refractivity contribution is 8.01. The van der Waals surface area contributed by atoms with Gasteiger partial charge in [0, 0.05) is 31.3 Å². The van der Waals surface area contributed by atoms with Gasteiger partial charge in [0.25, 0.3) is 0 Å². The Bertz CT molecular complexity index is 1260. The highest BCUT2D eigenvalue weighted by Gasteiger charge is 2.51. The molecule has 1 saturated heterocycles. The molecule has 0 unspecified atom stereocenters. The standard InChI is InChI=1S/C24H24FN5O4S/c25-20-15-18(5-6-19(20)22(32)33)30-23(26-27-28-30)35-24(8-9-24)21(31)7-4-16-2-1-3-17(14-16)29-10-12-34-13-11-29/h1-3,5-6,14-15H,4,7-13H2,(H,32,33). The molecule has 3 aromatic rings. The predicted octanol–water partition coefficient (Wildman–Crippen LogP) is 3.16. The lowest BCUT2D eigenvalue weighted by molar-refractivity contribution is -0.119. The third-order valence-corrected chi connectivity index (χ3v) is 7.76. The molecule has 1 aliphatic heterocycles. The molecule has 0 atom stereocenters. The van der Waals surface area contributed by atoms with Gasteiger partial charge < -0.3 is 14.7 Å². The summed E-state index contributed by atoms with van der Waals surface area (Å²) in [6.45, 7) is 3.16. The van der Waals surface area contributed by atoms with Gasteiger partial charge in [0.2, 0.25) is 5.16 Å². The Labute approximate surface area is 205 Å². The van der Waals surface area contributed by atoms with Crippen LogP contribution in [-0.2, 0) is 16.0 Å². The van der Waals surface area contributed by atoms with Crippen LogP contribution in [0.25, 0.3) is 5.69 Å². The average molecular weight is 498 g/mol. The highest BCUT2D eigenvalue weighted by atomic mass is 32.2. The number of aromatic nitrogens is 4. The van der Waals surface area contributed by atoms with Crippen molar-refractivity contribution in [3.05, 3.63) is 59.4 Å². The van der Waals surface area contributed by atoms with Crippen molar-refractivity contribution in [1.82, 2.24) is 20.2 Å². The summed E-state index contributed by atoms with van der Waals surface area (Å²) in [6, 6.07) is 12.0. The van der Waals surface area contributed by atoms with E-state index in [-0.39, 0.29) is 5.78 Å². The Hall–Kier alpha value is -3.31. The zero-order chi connectivity index (χ0) is 24.4. The first kappa shape index (κ1) is 23.4. The SMILES string of the molecule is O=C(O)c1ccc(-n2nnnc2SC2(C(=O)CCc3cccc(N4CCOCC4)c3)CC2)cc1F. The Balaban J connectivity index is 1.25. The minimum Gasteiger partial charge on any atom is -0.478 e. The largest absolute Gasteiger partial charge is 0.478 e. The van der Waals surface area contributed by atoms with Crippen LogP contribution >= 0.6 is 11.8 Å². The van der Waals surface area contributed by atoms with Crippen molar-refractivity contribution < 1.29 is 23.8 Å². The summed E-state index contributed by atoms with van der Waals surface area (Å²) in [5.41, 5.74) is 2.13. The fourth-order valence-electron chi connectivity index (χ4n) is 4.16. The molecule has 5 rings (SSSR count). The third-order valence-electron chi connectivity index (χ3n) is 6.30. The number of anilines is 1. The quantitative estimate of drug-likeness (QED) is 0.477. The molecule has 2 fully saturated rings. The van der Waals surface area contributed by atoms with Gasteiger partial charge in [-0.25, -0.2) is 9.18 Å². The number of morpholine rings is 1. The lowest BCUT2D eigenvalue weighted by Gasteiger charge is -2.29. The van der Waals surface area contributed by atoms with Gasteiger partial charge in [0.15, 0.2) is 0 Å². The van der Waals surface area contributed by atoms with Crippen molar-refractivity contribution in [3.63, 3.8) is 0 Å². The number of benzene rings is 2. The number of carbonyl (C=O) groups is 2. The molecule has 0 bridgehead atoms. The minimum absolute atomic E-state index is 0.140. The molecule has 1 aromatic heterocycles. The van der Waals surface area contributed by atoms with Crippen LogP contribution in [0.4, 0.5) is 10.1 Å². The van der Waals surface area contributed by atoms with E-state index in [1.165, 1.54) is 28.6 Å². The molecule has 0 amide bonds. The number of nitrogens with zero attached hydrogens (tertiary/aromatic N) is 5. The van der Waals surface area contributed by atoms with Crippen LogP contribution in [0.15, 0.2) is 47.6 Å². The Kier molecular flexibility index (Phi) is 6.52. The molecule has 11 heteroatoms. The number of carbonyl (C=O) groups excluding carboxylic acids is 1. The van der Waals surface area contributed by atoms with Gasteiger partial charge in [-0.3, -0.25) is 4.79 Å². The van der Waals surface area contributed by atoms with Gasteiger partial charge in [0.05, 0.1) is 29.2 Å². The molecular formula is C24H24FN5O4S. The third kappa shape index (κ3) is 5.06. The van der Waals surface area contributed by atoms with Gasteiger partial charge in [-0.05, 0) is 59.5 Å². The summed E-state index contributed by atoms with van der Waals surface area (Å²) in [5.74, 6) is -2.09. The molecule has 2 aromatic carbocycles. The molecule has 1 saturated carbocycles. The van der Waals surface area contributed by atoms with Crippen LogP contribution in [0.3, 0.4) is 0 Å². The van der Waals surface area contributed by atoms with Gasteiger partial charge >= 0.3 is 5.97 Å². The molecule has 0 spiro atoms. The van der Waals surface area contributed by atoms with E-state index >= 15 is 0 Å². The first-order valence-corrected chi connectivity index (χ1v) is 12.2. The van der Waals surface area contributed by atoms with E-state index in [1.54, 1.807) is 0 Å². The van der Waals surface area contributed by atoms with Crippen molar-refractivity contribution in [1.29, 1.82) is 0 Å². The number of rotatable bonds is 9. The van der Waals surface area contributed by atoms with Crippen LogP contribution in [0, 0.1) is 5.82 Å². The van der Waals surface area contributed by atoms with Crippen LogP contribution in [-0.4, -0.2) is 68.1 Å². The van der Waals surface area contributed by atoms with E-state index in [1.807, 2.05) is 12.1 Å². The number of aromatic carboxylic acids is 1. The van der Waals surface area contributed by atoms with E-state index in [2.05, 4.69) is 32.6 Å². The number of ketones is 1. The molecule has 1 N–H and O–H groups in total. The molecule has 35 heavy (non-hydrogen) atoms. The minimum atomic E-state index is -1.35. The van der Waals surface area contributed by atoms with Crippen LogP contribution in [0.5, 0.6) is 0 Å². The predicted molar refractivity (Wildman–Crippen MR) is 127 cm³/mol. The summed E-state index contributed by atoms with van der Waals surface area (Å²) < 4.78 is 20.3. The monoisotopic (exact) mass is 497 g/mol. The Morgan fingerprint density at radius 2 is 1.91 bits per heavy atom. The van der Waals surface area contributed by atoms with E-state index in [9.17, 15) is 14.0 Å². The van der Waals surface area contributed by atoms with Crippen LogP contribution in [0.1, 0.15) is 35.2 Å². The van der Waals surface area contributed by atoms with E-state index in [0.29, 0.717) is 23.7 Å². The topological polar surface area (TPSA) is 110 Å². The number of hydrogen-bond donors (Lipinski definition) is 1. The Morgan fingerprint density at radius 3 is 2.63 bits per heavy atom. The van der Waals surface area contributed by atoms with Gasteiger partial charge in [-0.15, -0.1) is 5.10 Å². The van der Waals surface area contributed by atoms with E-state index < -0.39 is 22.1 Å². The number of ether oxygens (including phenoxy) is 1. The second-order valence-electron chi connectivity index (χ2n) is 8.63. The number of carboxylic acid groups (broad SMARTS) is 1. The molecule has 9 nitrogen and oxygen atoms in total. The first-order chi connectivity index (χ1) is 16.9. The maximum Gasteiger partial charge on any atom is 0.338 e. The maximum absolute atomic E-state index is 14.2. The molecule has 182 valence electrons. The summed E-state index contributed by atoms with van der Waals surface area (Å²) in [6.07, 6.45) is 2.50. The summed E-state index contributed by atoms with van der Waals surface area (Å²) in [7, 11) is 0. The van der Waals surface area contributed by atoms with Crippen molar-refractivity contribution >= 4 is 29.2 Å². The second kappa shape index (κ2) is 9.74. The van der Waals surface area contributed by atoms with Gasteiger partial charge in [-0.1, -0.05) is 23.9 Å². The van der Waals surface area contributed by atoms with Crippen LogP contribution < -0.4 is 4.90 Å². The second-order valence-corrected chi connectivity index (χ2v) is 9.98. The lowest BCUT2D eigenvalue weighted by Crippen LogP contribution is -2.36. The van der Waals surface area contributed by atoms with Crippen molar-refractivity contribution in [2.24, 2.45) is 0 Å². The first-order valence-electron chi connectivity index (χ1n) is 11.4. The average Bonchev–Trinajstić information content (AvgIpc) is 3.51. The van der Waals surface area contributed by atoms with Gasteiger partial charge in [0.1, 0.15) is 11.6 Å². The molecule has 1 aliphatic carbocycles. The zero-order valence-electron chi connectivity index (χ0n) is 18.9. The highest BCUT2D eigenvalue weighted by Crippen LogP contribution is 2.52. The molecule has 2 aliphatic rings. The van der Waals surface area contributed by atoms with Crippen molar-refractivity contribution in [2.45, 2.75) is 35.6 Å². The number of Topliss-reactive ketones (excluding diaryl/α,β-unsaturated/α-hetero) is 1.